The van der Waals surface area contributed by atoms with Crippen molar-refractivity contribution in [3.05, 3.63) is 65.5 Å². The van der Waals surface area contributed by atoms with Gasteiger partial charge in [-0.3, -0.25) is 9.59 Å². The summed E-state index contributed by atoms with van der Waals surface area (Å²) in [6.45, 7) is 2.97. The number of rotatable bonds is 5. The molecule has 2 aromatic heterocycles. The molecule has 1 aromatic carbocycles. The van der Waals surface area contributed by atoms with Crippen molar-refractivity contribution < 1.29 is 9.59 Å². The van der Waals surface area contributed by atoms with Crippen LogP contribution in [0.5, 0.6) is 0 Å². The van der Waals surface area contributed by atoms with Crippen LogP contribution >= 0.6 is 0 Å². The Bertz CT molecular complexity index is 1010. The van der Waals surface area contributed by atoms with Gasteiger partial charge in [0.05, 0.1) is 25.1 Å². The fourth-order valence-electron chi connectivity index (χ4n) is 3.31. The minimum absolute atomic E-state index is 0.00493. The molecule has 0 saturated heterocycles. The van der Waals surface area contributed by atoms with Gasteiger partial charge in [-0.05, 0) is 12.5 Å². The Morgan fingerprint density at radius 1 is 1.29 bits per heavy atom. The Morgan fingerprint density at radius 3 is 2.79 bits per heavy atom. The van der Waals surface area contributed by atoms with Gasteiger partial charge in [0.15, 0.2) is 0 Å². The Balaban J connectivity index is 1.50. The van der Waals surface area contributed by atoms with Crippen LogP contribution in [0.15, 0.2) is 42.9 Å². The summed E-state index contributed by atoms with van der Waals surface area (Å²) in [7, 11) is 1.80. The van der Waals surface area contributed by atoms with Crippen molar-refractivity contribution in [3.8, 4) is 0 Å². The maximum atomic E-state index is 12.7. The van der Waals surface area contributed by atoms with Gasteiger partial charge in [-0.2, -0.15) is 0 Å². The molecule has 1 atom stereocenters. The number of aryl methyl sites for hydroxylation is 1. The fraction of sp³-hybridized carbons (Fsp3) is 0.316. The molecule has 0 fully saturated rings. The van der Waals surface area contributed by atoms with Crippen LogP contribution in [0.2, 0.25) is 0 Å². The second-order valence-electron chi connectivity index (χ2n) is 6.89. The lowest BCUT2D eigenvalue weighted by Gasteiger charge is -2.31. The molecule has 0 bridgehead atoms. The van der Waals surface area contributed by atoms with Crippen LogP contribution < -0.4 is 5.32 Å². The highest BCUT2D eigenvalue weighted by molar-refractivity contribution is 5.91. The van der Waals surface area contributed by atoms with Crippen molar-refractivity contribution in [2.75, 3.05) is 0 Å². The van der Waals surface area contributed by atoms with E-state index in [4.69, 9.17) is 0 Å². The van der Waals surface area contributed by atoms with E-state index in [2.05, 4.69) is 20.6 Å². The molecule has 0 spiro atoms. The first kappa shape index (κ1) is 17.9. The summed E-state index contributed by atoms with van der Waals surface area (Å²) >= 11 is 0. The van der Waals surface area contributed by atoms with Crippen molar-refractivity contribution in [2.24, 2.45) is 7.05 Å². The second-order valence-corrected chi connectivity index (χ2v) is 6.89. The number of imidazole rings is 1. The molecule has 1 unspecified atom stereocenters. The Morgan fingerprint density at radius 2 is 2.07 bits per heavy atom. The van der Waals surface area contributed by atoms with E-state index in [1.54, 1.807) is 33.7 Å². The predicted molar refractivity (Wildman–Crippen MR) is 99.8 cm³/mol. The smallest absolute Gasteiger partial charge is 0.271 e. The maximum absolute atomic E-state index is 12.7. The summed E-state index contributed by atoms with van der Waals surface area (Å²) in [5.74, 6) is -0.270. The lowest BCUT2D eigenvalue weighted by Crippen LogP contribution is -2.41. The largest absolute Gasteiger partial charge is 0.345 e. The molecule has 3 heterocycles. The molecule has 4 rings (SSSR count). The molecule has 0 radical (unpaired) electrons. The minimum Gasteiger partial charge on any atom is -0.345 e. The van der Waals surface area contributed by atoms with Gasteiger partial charge in [-0.25, -0.2) is 9.67 Å². The second kappa shape index (κ2) is 7.26. The molecule has 1 aliphatic heterocycles. The van der Waals surface area contributed by atoms with Gasteiger partial charge in [0.25, 0.3) is 5.91 Å². The zero-order valence-corrected chi connectivity index (χ0v) is 15.7. The van der Waals surface area contributed by atoms with Gasteiger partial charge >= 0.3 is 0 Å². The molecular formula is C19H21N7O2. The molecular weight excluding hydrogens is 358 g/mol. The summed E-state index contributed by atoms with van der Waals surface area (Å²) in [5, 5.41) is 11.1. The van der Waals surface area contributed by atoms with Crippen molar-refractivity contribution in [3.63, 3.8) is 0 Å². The van der Waals surface area contributed by atoms with Crippen LogP contribution in [0.3, 0.4) is 0 Å². The molecule has 1 N–H and O–H groups in total. The first-order chi connectivity index (χ1) is 13.5. The lowest BCUT2D eigenvalue weighted by molar-refractivity contribution is -0.138. The first-order valence-corrected chi connectivity index (χ1v) is 9.04. The summed E-state index contributed by atoms with van der Waals surface area (Å²) in [6.07, 6.45) is 3.22. The molecule has 9 nitrogen and oxygen atoms in total. The molecule has 3 aromatic rings. The number of benzene rings is 1. The number of amides is 2. The number of nitrogens with one attached hydrogen (secondary N) is 1. The maximum Gasteiger partial charge on any atom is 0.271 e. The zero-order chi connectivity index (χ0) is 19.7. The van der Waals surface area contributed by atoms with Crippen LogP contribution in [0.25, 0.3) is 0 Å². The predicted octanol–water partition coefficient (Wildman–Crippen LogP) is 1.04. The lowest BCUT2D eigenvalue weighted by atomic mass is 10.1. The van der Waals surface area contributed by atoms with E-state index in [0.717, 1.165) is 11.3 Å². The van der Waals surface area contributed by atoms with E-state index in [0.29, 0.717) is 24.5 Å². The van der Waals surface area contributed by atoms with Crippen LogP contribution in [0.1, 0.15) is 40.4 Å². The summed E-state index contributed by atoms with van der Waals surface area (Å²) in [6, 6.07) is 9.42. The minimum atomic E-state index is -0.430. The van der Waals surface area contributed by atoms with Gasteiger partial charge in [0.1, 0.15) is 17.4 Å². The third kappa shape index (κ3) is 3.38. The van der Waals surface area contributed by atoms with Gasteiger partial charge < -0.3 is 14.8 Å². The monoisotopic (exact) mass is 379 g/mol. The van der Waals surface area contributed by atoms with Crippen LogP contribution in [0.4, 0.5) is 0 Å². The average molecular weight is 379 g/mol. The van der Waals surface area contributed by atoms with E-state index < -0.39 is 6.04 Å². The number of carbonyl (C=O) groups excluding carboxylic acids is 2. The highest BCUT2D eigenvalue weighted by Gasteiger charge is 2.33. The molecule has 1 aliphatic rings. The van der Waals surface area contributed by atoms with E-state index in [-0.39, 0.29) is 18.4 Å². The standard InChI is InChI=1S/C19H21N7O2/c1-13-19(28)25(9-14-6-4-3-5-7-14)11-17-15(22-23-26(13)17)8-20-18(27)16-10-24(2)12-21-16/h3-7,10,12-13H,8-9,11H2,1-2H3,(H,20,27). The summed E-state index contributed by atoms with van der Waals surface area (Å²) < 4.78 is 3.36. The normalized spacial score (nSPS) is 16.1. The van der Waals surface area contributed by atoms with Crippen LogP contribution in [0, 0.1) is 0 Å². The quantitative estimate of drug-likeness (QED) is 0.714. The zero-order valence-electron chi connectivity index (χ0n) is 15.7. The topological polar surface area (TPSA) is 97.9 Å². The third-order valence-corrected chi connectivity index (χ3v) is 4.82. The molecule has 9 heteroatoms. The fourth-order valence-corrected chi connectivity index (χ4v) is 3.31. The van der Waals surface area contributed by atoms with Gasteiger partial charge in [0.2, 0.25) is 5.91 Å². The highest BCUT2D eigenvalue weighted by atomic mass is 16.2. The van der Waals surface area contributed by atoms with E-state index in [9.17, 15) is 9.59 Å². The molecule has 2 amide bonds. The van der Waals surface area contributed by atoms with Crippen molar-refractivity contribution >= 4 is 11.8 Å². The Hall–Kier alpha value is -3.49. The average Bonchev–Trinajstić information content (AvgIpc) is 3.31. The third-order valence-electron chi connectivity index (χ3n) is 4.82. The van der Waals surface area contributed by atoms with E-state index >= 15 is 0 Å². The number of carbonyl (C=O) groups is 2. The molecule has 144 valence electrons. The number of aromatic nitrogens is 5. The SMILES string of the molecule is CC1C(=O)N(Cc2ccccc2)Cc2c(CNC(=O)c3cn(C)cn3)nnn21. The van der Waals surface area contributed by atoms with Crippen molar-refractivity contribution in [1.29, 1.82) is 0 Å². The molecule has 0 aliphatic carbocycles. The van der Waals surface area contributed by atoms with Crippen LogP contribution in [-0.2, 0) is 31.5 Å². The van der Waals surface area contributed by atoms with Gasteiger partial charge in [0, 0.05) is 19.8 Å². The Kier molecular flexibility index (Phi) is 4.64. The summed E-state index contributed by atoms with van der Waals surface area (Å²) in [5.41, 5.74) is 2.90. The number of fused-ring (bicyclic) bond motifs is 1. The summed E-state index contributed by atoms with van der Waals surface area (Å²) in [4.78, 5) is 30.8. The number of hydrogen-bond acceptors (Lipinski definition) is 5. The first-order valence-electron chi connectivity index (χ1n) is 9.04. The molecule has 0 saturated carbocycles. The van der Waals surface area contributed by atoms with Gasteiger partial charge in [-0.15, -0.1) is 5.10 Å². The van der Waals surface area contributed by atoms with E-state index in [1.807, 2.05) is 37.3 Å². The van der Waals surface area contributed by atoms with Crippen molar-refractivity contribution in [1.82, 2.24) is 34.8 Å². The number of hydrogen-bond donors (Lipinski definition) is 1. The Labute approximate surface area is 162 Å². The van der Waals surface area contributed by atoms with E-state index in [1.165, 1.54) is 0 Å². The van der Waals surface area contributed by atoms with Gasteiger partial charge in [-0.1, -0.05) is 35.5 Å². The highest BCUT2D eigenvalue weighted by Crippen LogP contribution is 2.24. The number of nitrogens with zero attached hydrogens (tertiary/aromatic N) is 6. The van der Waals surface area contributed by atoms with Crippen molar-refractivity contribution in [2.45, 2.75) is 32.6 Å². The molecule has 28 heavy (non-hydrogen) atoms. The van der Waals surface area contributed by atoms with Crippen LogP contribution in [-0.4, -0.2) is 41.3 Å².